The summed E-state index contributed by atoms with van der Waals surface area (Å²) in [5, 5.41) is 3.29. The van der Waals surface area contributed by atoms with Gasteiger partial charge in [0.25, 0.3) is 0 Å². The van der Waals surface area contributed by atoms with Crippen molar-refractivity contribution in [3.8, 4) is 0 Å². The summed E-state index contributed by atoms with van der Waals surface area (Å²) in [4.78, 5) is 16.7. The molecule has 2 aliphatic rings. The molecule has 2 rings (SSSR count). The lowest BCUT2D eigenvalue weighted by Gasteiger charge is -2.35. The van der Waals surface area contributed by atoms with E-state index >= 15 is 0 Å². The third-order valence-electron chi connectivity index (χ3n) is 4.52. The lowest BCUT2D eigenvalue weighted by atomic mass is 9.95. The normalized spacial score (nSPS) is 20.8. The lowest BCUT2D eigenvalue weighted by molar-refractivity contribution is -0.137. The van der Waals surface area contributed by atoms with Crippen molar-refractivity contribution in [2.45, 2.75) is 52.9 Å². The van der Waals surface area contributed by atoms with Crippen molar-refractivity contribution in [3.63, 3.8) is 0 Å². The molecule has 2 heterocycles. The number of amides is 1. The highest BCUT2D eigenvalue weighted by atomic mass is 16.2. The summed E-state index contributed by atoms with van der Waals surface area (Å²) in [6.07, 6.45) is 6.18. The second-order valence-corrected chi connectivity index (χ2v) is 6.14. The third-order valence-corrected chi connectivity index (χ3v) is 4.52. The molecule has 4 nitrogen and oxygen atoms in total. The molecule has 0 atom stereocenters. The van der Waals surface area contributed by atoms with Gasteiger partial charge in [-0.15, -0.1) is 0 Å². The van der Waals surface area contributed by atoms with Gasteiger partial charge in [0.2, 0.25) is 5.91 Å². The van der Waals surface area contributed by atoms with Crippen LogP contribution in [-0.4, -0.2) is 61.5 Å². The highest BCUT2D eigenvalue weighted by Crippen LogP contribution is 2.19. The van der Waals surface area contributed by atoms with Crippen molar-refractivity contribution in [3.05, 3.63) is 0 Å². The van der Waals surface area contributed by atoms with Crippen LogP contribution in [0.1, 0.15) is 52.9 Å². The monoisotopic (exact) mass is 297 g/mol. The average Bonchev–Trinajstić information content (AvgIpc) is 2.56. The van der Waals surface area contributed by atoms with Crippen LogP contribution in [0.4, 0.5) is 0 Å². The van der Waals surface area contributed by atoms with Crippen molar-refractivity contribution < 1.29 is 4.79 Å². The number of piperidine rings is 1. The summed E-state index contributed by atoms with van der Waals surface area (Å²) in [5.41, 5.74) is 0. The third kappa shape index (κ3) is 6.79. The molecule has 0 aromatic heterocycles. The number of nitrogens with zero attached hydrogens (tertiary/aromatic N) is 2. The van der Waals surface area contributed by atoms with Crippen molar-refractivity contribution in [2.75, 3.05) is 45.8 Å². The first-order chi connectivity index (χ1) is 10.2. The maximum atomic E-state index is 12.2. The van der Waals surface area contributed by atoms with Gasteiger partial charge in [0.05, 0.1) is 0 Å². The van der Waals surface area contributed by atoms with Gasteiger partial charge in [0, 0.05) is 32.1 Å². The molecule has 0 aromatic rings. The minimum absolute atomic E-state index is 0.292. The van der Waals surface area contributed by atoms with Gasteiger partial charge in [0.1, 0.15) is 0 Å². The molecular weight excluding hydrogens is 262 g/mol. The van der Waals surface area contributed by atoms with E-state index in [4.69, 9.17) is 0 Å². The molecule has 0 unspecified atom stereocenters. The lowest BCUT2D eigenvalue weighted by Crippen LogP contribution is -2.50. The predicted molar refractivity (Wildman–Crippen MR) is 89.5 cm³/mol. The van der Waals surface area contributed by atoms with Gasteiger partial charge in [-0.05, 0) is 32.5 Å². The Morgan fingerprint density at radius 3 is 2.00 bits per heavy atom. The number of hydrogen-bond donors (Lipinski definition) is 1. The predicted octanol–water partition coefficient (Wildman–Crippen LogP) is 2.35. The Labute approximate surface area is 131 Å². The number of carbonyl (C=O) groups excluding carboxylic acids is 1. The van der Waals surface area contributed by atoms with Gasteiger partial charge in [-0.3, -0.25) is 4.79 Å². The van der Waals surface area contributed by atoms with Gasteiger partial charge < -0.3 is 15.1 Å². The fourth-order valence-electron chi connectivity index (χ4n) is 2.99. The topological polar surface area (TPSA) is 35.6 Å². The number of carbonyl (C=O) groups is 1. The number of likely N-dealkylation sites (tertiary alicyclic amines) is 1. The molecule has 21 heavy (non-hydrogen) atoms. The summed E-state index contributed by atoms with van der Waals surface area (Å²) in [6.45, 7) is 13.6. The first-order valence-electron chi connectivity index (χ1n) is 8.94. The van der Waals surface area contributed by atoms with Crippen molar-refractivity contribution in [2.24, 2.45) is 5.92 Å². The summed E-state index contributed by atoms with van der Waals surface area (Å²) < 4.78 is 0. The molecular formula is C17H35N3O. The first kappa shape index (κ1) is 18.4. The van der Waals surface area contributed by atoms with E-state index in [2.05, 4.69) is 31.0 Å². The van der Waals surface area contributed by atoms with Crippen LogP contribution in [-0.2, 0) is 4.79 Å². The van der Waals surface area contributed by atoms with E-state index in [1.165, 1.54) is 19.3 Å². The van der Waals surface area contributed by atoms with Crippen LogP contribution in [0.15, 0.2) is 0 Å². The van der Waals surface area contributed by atoms with E-state index in [0.717, 1.165) is 58.7 Å². The average molecular weight is 297 g/mol. The smallest absolute Gasteiger partial charge is 0.225 e. The van der Waals surface area contributed by atoms with Gasteiger partial charge in [-0.2, -0.15) is 0 Å². The summed E-state index contributed by atoms with van der Waals surface area (Å²) in [5.74, 6) is 0.693. The van der Waals surface area contributed by atoms with Gasteiger partial charge in [-0.25, -0.2) is 0 Å². The largest absolute Gasteiger partial charge is 0.340 e. The van der Waals surface area contributed by atoms with Crippen LogP contribution in [0.25, 0.3) is 0 Å². The Balaban J connectivity index is 0.000000383. The highest BCUT2D eigenvalue weighted by molar-refractivity contribution is 5.79. The Hall–Kier alpha value is -0.610. The number of rotatable bonds is 4. The van der Waals surface area contributed by atoms with Gasteiger partial charge in [0.15, 0.2) is 0 Å². The van der Waals surface area contributed by atoms with Gasteiger partial charge in [-0.1, -0.05) is 40.0 Å². The minimum Gasteiger partial charge on any atom is -0.340 e. The summed E-state index contributed by atoms with van der Waals surface area (Å²) in [6, 6.07) is 0. The van der Waals surface area contributed by atoms with Crippen LogP contribution in [0, 0.1) is 5.92 Å². The minimum atomic E-state index is 0.292. The first-order valence-corrected chi connectivity index (χ1v) is 8.94. The molecule has 2 saturated heterocycles. The molecule has 1 amide bonds. The standard InChI is InChI=1S/C12H23N3O.C5H12/c1-2-14-7-3-11(4-8-14)12(16)15-9-5-13-6-10-15;1-3-5-4-2/h11,13H,2-10H2,1H3;3-5H2,1-2H3. The van der Waals surface area contributed by atoms with Crippen molar-refractivity contribution in [1.82, 2.24) is 15.1 Å². The van der Waals surface area contributed by atoms with Crippen LogP contribution < -0.4 is 5.32 Å². The molecule has 0 aromatic carbocycles. The highest BCUT2D eigenvalue weighted by Gasteiger charge is 2.28. The zero-order valence-corrected chi connectivity index (χ0v) is 14.4. The fraction of sp³-hybridized carbons (Fsp3) is 0.941. The second-order valence-electron chi connectivity index (χ2n) is 6.14. The molecule has 2 aliphatic heterocycles. The second kappa shape index (κ2) is 11.0. The SMILES string of the molecule is CCCCC.CCN1CCC(C(=O)N2CCNCC2)CC1. The van der Waals surface area contributed by atoms with Crippen LogP contribution in [0.2, 0.25) is 0 Å². The van der Waals surface area contributed by atoms with E-state index in [-0.39, 0.29) is 0 Å². The van der Waals surface area contributed by atoms with Crippen LogP contribution in [0.3, 0.4) is 0 Å². The van der Waals surface area contributed by atoms with Crippen LogP contribution in [0.5, 0.6) is 0 Å². The Bertz CT molecular complexity index is 267. The van der Waals surface area contributed by atoms with E-state index in [1.807, 2.05) is 4.90 Å². The molecule has 0 aliphatic carbocycles. The molecule has 1 N–H and O–H groups in total. The maximum Gasteiger partial charge on any atom is 0.225 e. The Morgan fingerprint density at radius 2 is 1.57 bits per heavy atom. The quantitative estimate of drug-likeness (QED) is 0.865. The molecule has 0 bridgehead atoms. The fourth-order valence-corrected chi connectivity index (χ4v) is 2.99. The van der Waals surface area contributed by atoms with Crippen molar-refractivity contribution >= 4 is 5.91 Å². The Morgan fingerprint density at radius 1 is 1.00 bits per heavy atom. The summed E-state index contributed by atoms with van der Waals surface area (Å²) >= 11 is 0. The van der Waals surface area contributed by atoms with E-state index in [9.17, 15) is 4.79 Å². The van der Waals surface area contributed by atoms with Gasteiger partial charge >= 0.3 is 0 Å². The van der Waals surface area contributed by atoms with E-state index in [1.54, 1.807) is 0 Å². The maximum absolute atomic E-state index is 12.2. The molecule has 124 valence electrons. The zero-order chi connectivity index (χ0) is 15.5. The van der Waals surface area contributed by atoms with E-state index < -0.39 is 0 Å². The molecule has 4 heteroatoms. The molecule has 0 saturated carbocycles. The summed E-state index contributed by atoms with van der Waals surface area (Å²) in [7, 11) is 0. The molecule has 0 radical (unpaired) electrons. The number of piperazine rings is 1. The number of hydrogen-bond acceptors (Lipinski definition) is 3. The number of unbranched alkanes of at least 4 members (excludes halogenated alkanes) is 2. The Kier molecular flexibility index (Phi) is 9.68. The van der Waals surface area contributed by atoms with Crippen molar-refractivity contribution in [1.29, 1.82) is 0 Å². The zero-order valence-electron chi connectivity index (χ0n) is 14.4. The molecule has 2 fully saturated rings. The van der Waals surface area contributed by atoms with E-state index in [0.29, 0.717) is 11.8 Å². The number of nitrogens with one attached hydrogen (secondary N) is 1. The molecule has 0 spiro atoms. The van der Waals surface area contributed by atoms with Crippen LogP contribution >= 0.6 is 0 Å².